The number of carbonyl (C=O) groups excluding carboxylic acids is 2. The molecule has 0 atom stereocenters. The maximum absolute atomic E-state index is 13.4. The van der Waals surface area contributed by atoms with Gasteiger partial charge in [0.15, 0.2) is 5.78 Å². The Bertz CT molecular complexity index is 1200. The van der Waals surface area contributed by atoms with Crippen molar-refractivity contribution >= 4 is 17.4 Å². The van der Waals surface area contributed by atoms with Crippen molar-refractivity contribution in [1.82, 2.24) is 4.57 Å². The van der Waals surface area contributed by atoms with Crippen LogP contribution < -0.4 is 10.9 Å². The third kappa shape index (κ3) is 4.08. The number of ketones is 1. The molecule has 5 heteroatoms. The summed E-state index contributed by atoms with van der Waals surface area (Å²) >= 11 is 0. The van der Waals surface area contributed by atoms with E-state index in [1.54, 1.807) is 0 Å². The van der Waals surface area contributed by atoms with Crippen LogP contribution in [0.2, 0.25) is 0 Å². The van der Waals surface area contributed by atoms with Crippen molar-refractivity contribution in [3.05, 3.63) is 92.9 Å². The van der Waals surface area contributed by atoms with Crippen molar-refractivity contribution < 1.29 is 9.59 Å². The fourth-order valence-corrected chi connectivity index (χ4v) is 3.97. The summed E-state index contributed by atoms with van der Waals surface area (Å²) in [6, 6.07) is 16.6. The van der Waals surface area contributed by atoms with E-state index in [4.69, 9.17) is 0 Å². The topological polar surface area (TPSA) is 68.2 Å². The Morgan fingerprint density at radius 3 is 2.29 bits per heavy atom. The fourth-order valence-electron chi connectivity index (χ4n) is 3.97. The van der Waals surface area contributed by atoms with Gasteiger partial charge in [-0.2, -0.15) is 0 Å². The van der Waals surface area contributed by atoms with E-state index in [-0.39, 0.29) is 11.3 Å². The van der Waals surface area contributed by atoms with Gasteiger partial charge in [0, 0.05) is 29.1 Å². The Hall–Kier alpha value is -3.47. The maximum atomic E-state index is 13.4. The first-order valence-electron chi connectivity index (χ1n) is 10.7. The highest BCUT2D eigenvalue weighted by atomic mass is 16.2. The summed E-state index contributed by atoms with van der Waals surface area (Å²) in [7, 11) is 0. The number of Topliss-reactive ketones (excluding diaryl/α,β-unsaturated/α-hetero) is 1. The van der Waals surface area contributed by atoms with Gasteiger partial charge >= 0.3 is 0 Å². The minimum Gasteiger partial charge on any atom is -0.322 e. The highest BCUT2D eigenvalue weighted by Gasteiger charge is 2.26. The first-order chi connectivity index (χ1) is 14.8. The molecule has 3 aromatic rings. The lowest BCUT2D eigenvalue weighted by Crippen LogP contribution is -2.33. The van der Waals surface area contributed by atoms with Gasteiger partial charge in [-0.25, -0.2) is 0 Å². The van der Waals surface area contributed by atoms with Crippen LogP contribution in [0, 0.1) is 6.92 Å². The number of hydrogen-bond acceptors (Lipinski definition) is 3. The van der Waals surface area contributed by atoms with E-state index in [2.05, 4.69) is 19.2 Å². The number of anilines is 1. The van der Waals surface area contributed by atoms with Crippen LogP contribution in [0.1, 0.15) is 70.1 Å². The number of fused-ring (bicyclic) bond motifs is 1. The number of amides is 1. The monoisotopic (exact) mass is 414 g/mol. The second-order valence-corrected chi connectivity index (χ2v) is 8.40. The third-order valence-corrected chi connectivity index (χ3v) is 5.79. The molecular weight excluding hydrogens is 388 g/mol. The van der Waals surface area contributed by atoms with Crippen molar-refractivity contribution in [3.63, 3.8) is 0 Å². The number of aromatic nitrogens is 1. The van der Waals surface area contributed by atoms with Crippen LogP contribution in [-0.4, -0.2) is 16.3 Å². The van der Waals surface area contributed by atoms with E-state index in [9.17, 15) is 14.4 Å². The number of hydrogen-bond donors (Lipinski definition) is 1. The molecule has 0 aliphatic heterocycles. The predicted molar refractivity (Wildman–Crippen MR) is 123 cm³/mol. The summed E-state index contributed by atoms with van der Waals surface area (Å²) in [6.07, 6.45) is 1.75. The normalized spacial score (nSPS) is 13.2. The zero-order valence-electron chi connectivity index (χ0n) is 18.1. The fraction of sp³-hybridized carbons (Fsp3) is 0.269. The number of carbonyl (C=O) groups is 2. The molecule has 158 valence electrons. The van der Waals surface area contributed by atoms with Crippen LogP contribution in [0.25, 0.3) is 5.69 Å². The van der Waals surface area contributed by atoms with Crippen molar-refractivity contribution in [2.24, 2.45) is 0 Å². The van der Waals surface area contributed by atoms with Gasteiger partial charge in [-0.3, -0.25) is 19.0 Å². The minimum absolute atomic E-state index is 0.0255. The number of aryl methyl sites for hydroxylation is 1. The van der Waals surface area contributed by atoms with E-state index in [1.807, 2.05) is 55.5 Å². The van der Waals surface area contributed by atoms with Crippen molar-refractivity contribution in [2.45, 2.75) is 46.0 Å². The summed E-state index contributed by atoms with van der Waals surface area (Å²) < 4.78 is 1.53. The second kappa shape index (κ2) is 8.34. The molecule has 1 aliphatic carbocycles. The molecule has 1 aromatic heterocycles. The predicted octanol–water partition coefficient (Wildman–Crippen LogP) is 5.04. The van der Waals surface area contributed by atoms with Crippen LogP contribution in [0.4, 0.5) is 5.69 Å². The number of nitrogens with zero attached hydrogens (tertiary/aromatic N) is 1. The average molecular weight is 415 g/mol. The Kier molecular flexibility index (Phi) is 5.59. The molecule has 0 bridgehead atoms. The third-order valence-electron chi connectivity index (χ3n) is 5.79. The van der Waals surface area contributed by atoms with Gasteiger partial charge in [0.2, 0.25) is 0 Å². The quantitative estimate of drug-likeness (QED) is 0.650. The number of pyridine rings is 1. The van der Waals surface area contributed by atoms with Crippen LogP contribution in [0.15, 0.2) is 59.4 Å². The van der Waals surface area contributed by atoms with Gasteiger partial charge in [-0.15, -0.1) is 0 Å². The van der Waals surface area contributed by atoms with Crippen molar-refractivity contribution in [3.8, 4) is 5.69 Å². The Morgan fingerprint density at radius 1 is 0.968 bits per heavy atom. The molecule has 0 radical (unpaired) electrons. The van der Waals surface area contributed by atoms with Crippen LogP contribution in [0.3, 0.4) is 0 Å². The number of nitrogens with one attached hydrogen (secondary N) is 1. The number of rotatable bonds is 4. The summed E-state index contributed by atoms with van der Waals surface area (Å²) in [5.74, 6) is -0.153. The molecule has 1 heterocycles. The van der Waals surface area contributed by atoms with E-state index in [0.29, 0.717) is 47.8 Å². The zero-order valence-corrected chi connectivity index (χ0v) is 18.1. The Labute approximate surface area is 181 Å². The molecular formula is C26H26N2O3. The zero-order chi connectivity index (χ0) is 22.1. The van der Waals surface area contributed by atoms with Gasteiger partial charge < -0.3 is 5.32 Å². The Balaban J connectivity index is 1.79. The van der Waals surface area contributed by atoms with Gasteiger partial charge in [-0.1, -0.05) is 43.7 Å². The summed E-state index contributed by atoms with van der Waals surface area (Å²) in [6.45, 7) is 6.18. The second-order valence-electron chi connectivity index (χ2n) is 8.40. The van der Waals surface area contributed by atoms with Gasteiger partial charge in [0.05, 0.1) is 0 Å². The highest BCUT2D eigenvalue weighted by molar-refractivity contribution is 6.06. The molecule has 0 fully saturated rings. The van der Waals surface area contributed by atoms with E-state index < -0.39 is 11.5 Å². The molecule has 31 heavy (non-hydrogen) atoms. The maximum Gasteiger partial charge on any atom is 0.268 e. The van der Waals surface area contributed by atoms with E-state index in [0.717, 1.165) is 5.56 Å². The Morgan fingerprint density at radius 2 is 1.65 bits per heavy atom. The molecule has 2 aromatic carbocycles. The minimum atomic E-state index is -0.510. The lowest BCUT2D eigenvalue weighted by atomic mass is 9.92. The molecule has 5 nitrogen and oxygen atoms in total. The average Bonchev–Trinajstić information content (AvgIpc) is 2.75. The standard InChI is InChI=1S/C26H26N2O3/c1-16(2)18-9-11-19(12-10-18)27-25(30)22-15-21-23(5-4-6-24(21)29)28(26(22)31)20-13-7-17(3)8-14-20/h7-16H,4-6H2,1-3H3,(H,27,30). The highest BCUT2D eigenvalue weighted by Crippen LogP contribution is 2.24. The molecule has 0 saturated heterocycles. The van der Waals surface area contributed by atoms with E-state index >= 15 is 0 Å². The van der Waals surface area contributed by atoms with Crippen LogP contribution in [0.5, 0.6) is 0 Å². The molecule has 4 rings (SSSR count). The number of benzene rings is 2. The lowest BCUT2D eigenvalue weighted by molar-refractivity contribution is 0.0971. The van der Waals surface area contributed by atoms with Gasteiger partial charge in [0.25, 0.3) is 11.5 Å². The van der Waals surface area contributed by atoms with Gasteiger partial charge in [-0.05, 0) is 61.6 Å². The largest absolute Gasteiger partial charge is 0.322 e. The van der Waals surface area contributed by atoms with Crippen LogP contribution in [-0.2, 0) is 6.42 Å². The molecule has 1 aliphatic rings. The van der Waals surface area contributed by atoms with Crippen LogP contribution >= 0.6 is 0 Å². The molecule has 0 unspecified atom stereocenters. The smallest absolute Gasteiger partial charge is 0.268 e. The first-order valence-corrected chi connectivity index (χ1v) is 10.7. The molecule has 1 amide bonds. The summed E-state index contributed by atoms with van der Waals surface area (Å²) in [5.41, 5.74) is 4.22. The molecule has 1 N–H and O–H groups in total. The van der Waals surface area contributed by atoms with Crippen molar-refractivity contribution in [2.75, 3.05) is 5.32 Å². The van der Waals surface area contributed by atoms with Gasteiger partial charge in [0.1, 0.15) is 5.56 Å². The lowest BCUT2D eigenvalue weighted by Gasteiger charge is -2.21. The molecule has 0 saturated carbocycles. The molecule has 0 spiro atoms. The summed E-state index contributed by atoms with van der Waals surface area (Å²) in [4.78, 5) is 39.1. The van der Waals surface area contributed by atoms with E-state index in [1.165, 1.54) is 16.2 Å². The first kappa shape index (κ1) is 20.8. The summed E-state index contributed by atoms with van der Waals surface area (Å²) in [5, 5.41) is 2.81. The van der Waals surface area contributed by atoms with Crippen molar-refractivity contribution in [1.29, 1.82) is 0 Å². The SMILES string of the molecule is Cc1ccc(-n2c3c(cc(C(=O)Nc4ccc(C(C)C)cc4)c2=O)C(=O)CCC3)cc1.